The number of anilines is 1. The first-order chi connectivity index (χ1) is 15.4. The number of aryl methyl sites for hydroxylation is 3. The van der Waals surface area contributed by atoms with Crippen LogP contribution in [0.2, 0.25) is 5.02 Å². The molecule has 0 aliphatic carbocycles. The molecule has 2 aromatic rings. The molecular formula is C28H40ClN2OY+. The fraction of sp³-hybridized carbons (Fsp3) is 0.536. The number of hydrogen-bond acceptors (Lipinski definition) is 1. The largest absolute Gasteiger partial charge is 0.314 e. The number of likely N-dealkylation sites (tertiary alicyclic amines) is 1. The second kappa shape index (κ2) is 13.4. The zero-order valence-corrected chi connectivity index (χ0v) is 24.5. The molecule has 2 saturated heterocycles. The summed E-state index contributed by atoms with van der Waals surface area (Å²) in [5.74, 6) is 0.337. The Labute approximate surface area is 231 Å². The normalized spacial score (nSPS) is 20.2. The van der Waals surface area contributed by atoms with Gasteiger partial charge in [-0.15, -0.1) is 0 Å². The number of carbonyl (C=O) groups is 1. The van der Waals surface area contributed by atoms with Crippen LogP contribution < -0.4 is 4.90 Å². The smallest absolute Gasteiger partial charge is 0.285 e. The number of hydrogen-bond donors (Lipinski definition) is 0. The Morgan fingerprint density at radius 3 is 2.00 bits per heavy atom. The Hall–Kier alpha value is -0.736. The summed E-state index contributed by atoms with van der Waals surface area (Å²) >= 11 is 6.20. The molecule has 1 radical (unpaired) electrons. The summed E-state index contributed by atoms with van der Waals surface area (Å²) in [5, 5.41) is 0.754. The maximum absolute atomic E-state index is 13.6. The summed E-state index contributed by atoms with van der Waals surface area (Å²) in [7, 11) is 0. The van der Waals surface area contributed by atoms with Gasteiger partial charge in [0.15, 0.2) is 6.04 Å². The molecule has 0 saturated carbocycles. The van der Waals surface area contributed by atoms with Crippen LogP contribution in [0.4, 0.5) is 5.69 Å². The number of rotatable bonds is 3. The van der Waals surface area contributed by atoms with E-state index in [-0.39, 0.29) is 38.8 Å². The van der Waals surface area contributed by atoms with Crippen molar-refractivity contribution in [3.05, 3.63) is 64.2 Å². The van der Waals surface area contributed by atoms with E-state index < -0.39 is 0 Å². The summed E-state index contributed by atoms with van der Waals surface area (Å²) < 4.78 is 1.00. The molecule has 5 heteroatoms. The standard InChI is InChI=1S/C21H32ClN2O.C7H8.Y/c1-4-24(12-7-5-6-8-13-24)19-10-9-11-23(21(19)25)20-16(2)14-18(22)15-17(20)3;1-7-5-3-2-4-6-7;/h14-15,19H,4-13H2,1-3H3;2-6H,1H3;/q+1;;. The zero-order chi connectivity index (χ0) is 23.1. The Kier molecular flexibility index (Phi) is 11.6. The third kappa shape index (κ3) is 7.13. The number of quaternary nitrogens is 1. The van der Waals surface area contributed by atoms with Crippen LogP contribution in [0.1, 0.15) is 62.1 Å². The zero-order valence-electron chi connectivity index (χ0n) is 20.9. The molecule has 33 heavy (non-hydrogen) atoms. The summed E-state index contributed by atoms with van der Waals surface area (Å²) in [6.45, 7) is 12.7. The van der Waals surface area contributed by atoms with Crippen LogP contribution in [-0.4, -0.2) is 42.6 Å². The van der Waals surface area contributed by atoms with Gasteiger partial charge in [0.2, 0.25) is 0 Å². The fourth-order valence-corrected chi connectivity index (χ4v) is 5.94. The molecule has 2 aromatic carbocycles. The second-order valence-electron chi connectivity index (χ2n) is 9.59. The number of benzene rings is 2. The van der Waals surface area contributed by atoms with Crippen molar-refractivity contribution in [3.63, 3.8) is 0 Å². The van der Waals surface area contributed by atoms with Crippen LogP contribution in [0.3, 0.4) is 0 Å². The number of nitrogens with zero attached hydrogens (tertiary/aromatic N) is 2. The predicted octanol–water partition coefficient (Wildman–Crippen LogP) is 6.86. The van der Waals surface area contributed by atoms with Gasteiger partial charge in [0, 0.05) is 56.4 Å². The molecule has 2 aliphatic heterocycles. The topological polar surface area (TPSA) is 20.3 Å². The maximum atomic E-state index is 13.6. The van der Waals surface area contributed by atoms with Gasteiger partial charge in [0.25, 0.3) is 5.91 Å². The summed E-state index contributed by atoms with van der Waals surface area (Å²) in [6.07, 6.45) is 7.29. The van der Waals surface area contributed by atoms with Crippen molar-refractivity contribution < 1.29 is 42.0 Å². The molecule has 4 rings (SSSR count). The molecule has 177 valence electrons. The van der Waals surface area contributed by atoms with Gasteiger partial charge >= 0.3 is 0 Å². The second-order valence-corrected chi connectivity index (χ2v) is 10.0. The van der Waals surface area contributed by atoms with Gasteiger partial charge in [-0.1, -0.05) is 47.5 Å². The minimum absolute atomic E-state index is 0. The van der Waals surface area contributed by atoms with E-state index in [2.05, 4.69) is 44.7 Å². The van der Waals surface area contributed by atoms with Crippen LogP contribution in [0.25, 0.3) is 0 Å². The van der Waals surface area contributed by atoms with Crippen LogP contribution in [0, 0.1) is 20.8 Å². The number of halogens is 1. The van der Waals surface area contributed by atoms with Crippen LogP contribution in [0.5, 0.6) is 0 Å². The van der Waals surface area contributed by atoms with Gasteiger partial charge in [0.05, 0.1) is 19.6 Å². The van der Waals surface area contributed by atoms with Crippen molar-refractivity contribution in [2.24, 2.45) is 0 Å². The van der Waals surface area contributed by atoms with Crippen LogP contribution in [-0.2, 0) is 37.5 Å². The first-order valence-electron chi connectivity index (χ1n) is 12.3. The van der Waals surface area contributed by atoms with E-state index in [0.717, 1.165) is 52.3 Å². The predicted molar refractivity (Wildman–Crippen MR) is 136 cm³/mol. The van der Waals surface area contributed by atoms with E-state index in [0.29, 0.717) is 5.91 Å². The Morgan fingerprint density at radius 2 is 1.52 bits per heavy atom. The van der Waals surface area contributed by atoms with Gasteiger partial charge in [-0.05, 0) is 83.1 Å². The van der Waals surface area contributed by atoms with Crippen molar-refractivity contribution in [2.45, 2.75) is 72.3 Å². The number of piperidine rings is 1. The van der Waals surface area contributed by atoms with E-state index >= 15 is 0 Å². The molecule has 1 unspecified atom stereocenters. The summed E-state index contributed by atoms with van der Waals surface area (Å²) in [6, 6.07) is 14.4. The molecular weight excluding hydrogens is 505 g/mol. The summed E-state index contributed by atoms with van der Waals surface area (Å²) in [4.78, 5) is 15.6. The van der Waals surface area contributed by atoms with Gasteiger partial charge in [-0.2, -0.15) is 0 Å². The molecule has 0 spiro atoms. The SMILES string of the molecule is CC[N+]1(C2CCCN(c3c(C)cc(Cl)cc3C)C2=O)CCCCCC1.Cc1ccccc1.[Y]. The molecule has 0 aromatic heterocycles. The number of amides is 1. The molecule has 1 amide bonds. The fourth-order valence-electron chi connectivity index (χ4n) is 5.62. The molecule has 2 aliphatic rings. The molecule has 2 fully saturated rings. The van der Waals surface area contributed by atoms with E-state index in [1.54, 1.807) is 0 Å². The molecule has 0 N–H and O–H groups in total. The van der Waals surface area contributed by atoms with Crippen molar-refractivity contribution >= 4 is 23.2 Å². The number of likely N-dealkylation sites (N-methyl/N-ethyl adjacent to an activating group) is 1. The van der Waals surface area contributed by atoms with Crippen LogP contribution in [0.15, 0.2) is 42.5 Å². The van der Waals surface area contributed by atoms with Gasteiger partial charge < -0.3 is 9.38 Å². The average molecular weight is 545 g/mol. The van der Waals surface area contributed by atoms with Gasteiger partial charge in [0.1, 0.15) is 0 Å². The van der Waals surface area contributed by atoms with Gasteiger partial charge in [-0.25, -0.2) is 0 Å². The Bertz CT molecular complexity index is 871. The van der Waals surface area contributed by atoms with Crippen molar-refractivity contribution in [3.8, 4) is 0 Å². The van der Waals surface area contributed by atoms with E-state index in [1.807, 2.05) is 30.3 Å². The molecule has 2 heterocycles. The summed E-state index contributed by atoms with van der Waals surface area (Å²) in [5.41, 5.74) is 4.63. The van der Waals surface area contributed by atoms with E-state index in [9.17, 15) is 4.79 Å². The third-order valence-corrected chi connectivity index (χ3v) is 7.54. The first kappa shape index (κ1) is 28.5. The molecule has 0 bridgehead atoms. The monoisotopic (exact) mass is 544 g/mol. The van der Waals surface area contributed by atoms with Crippen molar-refractivity contribution in [2.75, 3.05) is 31.1 Å². The number of carbonyl (C=O) groups excluding carboxylic acids is 1. The van der Waals surface area contributed by atoms with Crippen molar-refractivity contribution in [1.29, 1.82) is 0 Å². The Morgan fingerprint density at radius 1 is 0.939 bits per heavy atom. The van der Waals surface area contributed by atoms with E-state index in [1.165, 1.54) is 44.3 Å². The van der Waals surface area contributed by atoms with Crippen LogP contribution >= 0.6 is 11.6 Å². The molecule has 1 atom stereocenters. The maximum Gasteiger partial charge on any atom is 0.285 e. The minimum atomic E-state index is 0. The third-order valence-electron chi connectivity index (χ3n) is 7.32. The van der Waals surface area contributed by atoms with Crippen molar-refractivity contribution in [1.82, 2.24) is 0 Å². The van der Waals surface area contributed by atoms with Gasteiger partial charge in [-0.3, -0.25) is 4.79 Å². The van der Waals surface area contributed by atoms with E-state index in [4.69, 9.17) is 11.6 Å². The Balaban J connectivity index is 0.000000413. The minimum Gasteiger partial charge on any atom is -0.314 e. The quantitative estimate of drug-likeness (QED) is 0.387. The average Bonchev–Trinajstić information content (AvgIpc) is 3.02. The first-order valence-corrected chi connectivity index (χ1v) is 12.7. The molecule has 3 nitrogen and oxygen atoms in total.